The molecule has 6 nitrogen and oxygen atoms in total. The number of rotatable bonds is 4. The molecule has 102 valence electrons. The Kier molecular flexibility index (Phi) is 3.99. The number of carboxylic acids is 1. The zero-order valence-electron chi connectivity index (χ0n) is 10.5. The predicted octanol–water partition coefficient (Wildman–Crippen LogP) is 0.702. The number of nitrogens with zero attached hydrogens (tertiary/aromatic N) is 1. The van der Waals surface area contributed by atoms with Crippen LogP contribution in [-0.4, -0.2) is 40.0 Å². The summed E-state index contributed by atoms with van der Waals surface area (Å²) in [4.78, 5) is 37.8. The van der Waals surface area contributed by atoms with Crippen LogP contribution < -0.4 is 5.56 Å². The molecule has 1 unspecified atom stereocenters. The normalized spacial score (nSPS) is 18.5. The third-order valence-electron chi connectivity index (χ3n) is 3.37. The lowest BCUT2D eigenvalue weighted by Gasteiger charge is -2.16. The van der Waals surface area contributed by atoms with Gasteiger partial charge >= 0.3 is 5.97 Å². The van der Waals surface area contributed by atoms with Gasteiger partial charge in [0.05, 0.1) is 5.56 Å². The van der Waals surface area contributed by atoms with Crippen molar-refractivity contribution in [2.45, 2.75) is 19.3 Å². The van der Waals surface area contributed by atoms with Crippen molar-refractivity contribution in [3.05, 3.63) is 34.2 Å². The third-order valence-corrected chi connectivity index (χ3v) is 3.37. The van der Waals surface area contributed by atoms with E-state index in [2.05, 4.69) is 4.98 Å². The quantitative estimate of drug-likeness (QED) is 0.837. The molecular weight excluding hydrogens is 248 g/mol. The fourth-order valence-corrected chi connectivity index (χ4v) is 2.31. The molecule has 0 aromatic carbocycles. The molecule has 1 aromatic heterocycles. The average molecular weight is 264 g/mol. The molecule has 0 aliphatic carbocycles. The summed E-state index contributed by atoms with van der Waals surface area (Å²) in [5.74, 6) is -0.665. The van der Waals surface area contributed by atoms with Crippen LogP contribution >= 0.6 is 0 Å². The standard InChI is InChI=1S/C13H16N2O4/c16-11-3-2-10(7-14-11)13(19)15-6-5-9(8-15)1-4-12(17)18/h2-3,7,9H,1,4-6,8H2,(H,14,16)(H,17,18). The topological polar surface area (TPSA) is 90.5 Å². The smallest absolute Gasteiger partial charge is 0.303 e. The molecule has 1 aliphatic rings. The summed E-state index contributed by atoms with van der Waals surface area (Å²) < 4.78 is 0. The molecule has 19 heavy (non-hydrogen) atoms. The fourth-order valence-electron chi connectivity index (χ4n) is 2.31. The third kappa shape index (κ3) is 3.43. The molecule has 1 aromatic rings. The van der Waals surface area contributed by atoms with Gasteiger partial charge in [-0.15, -0.1) is 0 Å². The average Bonchev–Trinajstić information content (AvgIpc) is 2.85. The highest BCUT2D eigenvalue weighted by Gasteiger charge is 2.27. The van der Waals surface area contributed by atoms with Crippen molar-refractivity contribution in [3.63, 3.8) is 0 Å². The number of aromatic amines is 1. The van der Waals surface area contributed by atoms with E-state index in [0.29, 0.717) is 25.1 Å². The maximum absolute atomic E-state index is 12.1. The Hall–Kier alpha value is -2.11. The number of nitrogens with one attached hydrogen (secondary N) is 1. The van der Waals surface area contributed by atoms with Crippen LogP contribution in [0.25, 0.3) is 0 Å². The van der Waals surface area contributed by atoms with Crippen LogP contribution in [0.1, 0.15) is 29.6 Å². The van der Waals surface area contributed by atoms with Crippen LogP contribution in [0.5, 0.6) is 0 Å². The Labute approximate surface area is 110 Å². The van der Waals surface area contributed by atoms with Crippen molar-refractivity contribution < 1.29 is 14.7 Å². The predicted molar refractivity (Wildman–Crippen MR) is 67.9 cm³/mol. The largest absolute Gasteiger partial charge is 0.481 e. The summed E-state index contributed by atoms with van der Waals surface area (Å²) in [7, 11) is 0. The molecule has 1 aliphatic heterocycles. The molecule has 6 heteroatoms. The SMILES string of the molecule is O=C(O)CCC1CCN(C(=O)c2ccc(=O)[nH]c2)C1. The Morgan fingerprint density at radius 1 is 1.42 bits per heavy atom. The summed E-state index contributed by atoms with van der Waals surface area (Å²) in [6.07, 6.45) is 2.99. The second kappa shape index (κ2) is 5.69. The van der Waals surface area contributed by atoms with Crippen LogP contribution in [-0.2, 0) is 4.79 Å². The Bertz CT molecular complexity index is 517. The summed E-state index contributed by atoms with van der Waals surface area (Å²) in [5.41, 5.74) is 0.218. The van der Waals surface area contributed by atoms with Crippen molar-refractivity contribution in [2.75, 3.05) is 13.1 Å². The minimum absolute atomic E-state index is 0.117. The van der Waals surface area contributed by atoms with Crippen molar-refractivity contribution in [2.24, 2.45) is 5.92 Å². The van der Waals surface area contributed by atoms with Crippen LogP contribution in [0, 0.1) is 5.92 Å². The van der Waals surface area contributed by atoms with E-state index < -0.39 is 5.97 Å². The maximum atomic E-state index is 12.1. The number of H-pyrrole nitrogens is 1. The van der Waals surface area contributed by atoms with Gasteiger partial charge in [-0.3, -0.25) is 14.4 Å². The van der Waals surface area contributed by atoms with Crippen molar-refractivity contribution in [1.29, 1.82) is 0 Å². The number of aromatic nitrogens is 1. The molecule has 1 saturated heterocycles. The first-order chi connectivity index (χ1) is 9.06. The van der Waals surface area contributed by atoms with Crippen LogP contribution in [0.4, 0.5) is 0 Å². The van der Waals surface area contributed by atoms with Crippen LogP contribution in [0.2, 0.25) is 0 Å². The van der Waals surface area contributed by atoms with Gasteiger partial charge in [0.2, 0.25) is 5.56 Å². The molecule has 0 radical (unpaired) electrons. The van der Waals surface area contributed by atoms with Gasteiger partial charge in [0.1, 0.15) is 0 Å². The molecule has 0 saturated carbocycles. The number of hydrogen-bond acceptors (Lipinski definition) is 3. The summed E-state index contributed by atoms with van der Waals surface area (Å²) >= 11 is 0. The zero-order chi connectivity index (χ0) is 13.8. The molecule has 2 N–H and O–H groups in total. The highest BCUT2D eigenvalue weighted by molar-refractivity contribution is 5.94. The molecular formula is C13H16N2O4. The van der Waals surface area contributed by atoms with E-state index >= 15 is 0 Å². The highest BCUT2D eigenvalue weighted by atomic mass is 16.4. The maximum Gasteiger partial charge on any atom is 0.303 e. The second-order valence-corrected chi connectivity index (χ2v) is 4.78. The van der Waals surface area contributed by atoms with Crippen LogP contribution in [0.15, 0.2) is 23.1 Å². The number of hydrogen-bond donors (Lipinski definition) is 2. The lowest BCUT2D eigenvalue weighted by molar-refractivity contribution is -0.137. The molecule has 0 spiro atoms. The number of amides is 1. The number of pyridine rings is 1. The first-order valence-corrected chi connectivity index (χ1v) is 6.26. The van der Waals surface area contributed by atoms with E-state index in [-0.39, 0.29) is 23.8 Å². The molecule has 1 fully saturated rings. The van der Waals surface area contributed by atoms with Gasteiger partial charge in [-0.05, 0) is 24.8 Å². The van der Waals surface area contributed by atoms with Crippen molar-refractivity contribution >= 4 is 11.9 Å². The fraction of sp³-hybridized carbons (Fsp3) is 0.462. The van der Waals surface area contributed by atoms with E-state index in [4.69, 9.17) is 5.11 Å². The van der Waals surface area contributed by atoms with E-state index in [9.17, 15) is 14.4 Å². The summed E-state index contributed by atoms with van der Waals surface area (Å²) in [5, 5.41) is 8.64. The van der Waals surface area contributed by atoms with E-state index in [0.717, 1.165) is 6.42 Å². The lowest BCUT2D eigenvalue weighted by Crippen LogP contribution is -2.29. The molecule has 0 bridgehead atoms. The van der Waals surface area contributed by atoms with Gasteiger partial charge in [0.15, 0.2) is 0 Å². The molecule has 1 atom stereocenters. The van der Waals surface area contributed by atoms with Gasteiger partial charge in [-0.25, -0.2) is 0 Å². The Balaban J connectivity index is 1.93. The number of likely N-dealkylation sites (tertiary alicyclic amines) is 1. The van der Waals surface area contributed by atoms with Gasteiger partial charge in [-0.2, -0.15) is 0 Å². The van der Waals surface area contributed by atoms with Gasteiger partial charge in [0, 0.05) is 31.8 Å². The number of aliphatic carboxylic acids is 1. The first kappa shape index (κ1) is 13.3. The Morgan fingerprint density at radius 3 is 2.84 bits per heavy atom. The van der Waals surface area contributed by atoms with Gasteiger partial charge in [-0.1, -0.05) is 0 Å². The highest BCUT2D eigenvalue weighted by Crippen LogP contribution is 2.22. The lowest BCUT2D eigenvalue weighted by atomic mass is 10.0. The minimum Gasteiger partial charge on any atom is -0.481 e. The number of carbonyl (C=O) groups excluding carboxylic acids is 1. The number of carbonyl (C=O) groups is 2. The second-order valence-electron chi connectivity index (χ2n) is 4.78. The van der Waals surface area contributed by atoms with Gasteiger partial charge in [0.25, 0.3) is 5.91 Å². The summed E-state index contributed by atoms with van der Waals surface area (Å²) in [6.45, 7) is 1.23. The molecule has 2 rings (SSSR count). The zero-order valence-corrected chi connectivity index (χ0v) is 10.5. The molecule has 1 amide bonds. The minimum atomic E-state index is -0.801. The van der Waals surface area contributed by atoms with Gasteiger partial charge < -0.3 is 15.0 Å². The van der Waals surface area contributed by atoms with Crippen molar-refractivity contribution in [3.8, 4) is 0 Å². The van der Waals surface area contributed by atoms with Crippen molar-refractivity contribution in [1.82, 2.24) is 9.88 Å². The Morgan fingerprint density at radius 2 is 2.21 bits per heavy atom. The van der Waals surface area contributed by atoms with E-state index in [1.807, 2.05) is 0 Å². The van der Waals surface area contributed by atoms with E-state index in [1.165, 1.54) is 18.3 Å². The van der Waals surface area contributed by atoms with E-state index in [1.54, 1.807) is 4.90 Å². The monoisotopic (exact) mass is 264 g/mol. The first-order valence-electron chi connectivity index (χ1n) is 6.26. The summed E-state index contributed by atoms with van der Waals surface area (Å²) in [6, 6.07) is 2.83. The van der Waals surface area contributed by atoms with Crippen LogP contribution in [0.3, 0.4) is 0 Å². The molecule has 2 heterocycles. The number of carboxylic acid groups (broad SMARTS) is 1.